The van der Waals surface area contributed by atoms with Crippen LogP contribution < -0.4 is 14.1 Å². The highest BCUT2D eigenvalue weighted by Crippen LogP contribution is 2.40. The molecule has 2 aliphatic heterocycles. The number of benzene rings is 2. The van der Waals surface area contributed by atoms with Crippen molar-refractivity contribution >= 4 is 39.1 Å². The molecule has 9 heteroatoms. The van der Waals surface area contributed by atoms with Crippen molar-refractivity contribution in [3.8, 4) is 11.1 Å². The third-order valence-corrected chi connectivity index (χ3v) is 7.45. The van der Waals surface area contributed by atoms with Crippen molar-refractivity contribution in [3.05, 3.63) is 42.0 Å². The molecule has 2 amide bonds. The van der Waals surface area contributed by atoms with E-state index in [1.165, 1.54) is 15.5 Å². The van der Waals surface area contributed by atoms with E-state index >= 15 is 0 Å². The van der Waals surface area contributed by atoms with E-state index in [1.807, 2.05) is 44.2 Å². The molecule has 1 N–H and O–H groups in total. The average Bonchev–Trinajstić information content (AvgIpc) is 2.76. The fourth-order valence-corrected chi connectivity index (χ4v) is 5.78. The molecule has 2 heterocycles. The van der Waals surface area contributed by atoms with E-state index in [0.717, 1.165) is 36.0 Å². The number of hydrogen-bond donors (Lipinski definition) is 1. The Balaban J connectivity index is 1.78. The molecule has 0 aromatic heterocycles. The Labute approximate surface area is 194 Å². The van der Waals surface area contributed by atoms with Crippen LogP contribution in [-0.2, 0) is 21.2 Å². The van der Waals surface area contributed by atoms with Gasteiger partial charge >= 0.3 is 6.09 Å². The van der Waals surface area contributed by atoms with E-state index in [-0.39, 0.29) is 18.5 Å². The van der Waals surface area contributed by atoms with Crippen LogP contribution in [0, 0.1) is 0 Å². The molecule has 0 unspecified atom stereocenters. The molecule has 0 spiro atoms. The quantitative estimate of drug-likeness (QED) is 0.724. The van der Waals surface area contributed by atoms with Gasteiger partial charge in [0, 0.05) is 19.5 Å². The number of amides is 2. The summed E-state index contributed by atoms with van der Waals surface area (Å²) in [4.78, 5) is 27.8. The topological polar surface area (TPSA) is 98.2 Å². The zero-order chi connectivity index (χ0) is 23.9. The van der Waals surface area contributed by atoms with E-state index in [2.05, 4.69) is 0 Å². The number of rotatable bonds is 4. The molecule has 2 aliphatic rings. The van der Waals surface area contributed by atoms with Crippen LogP contribution in [0.25, 0.3) is 11.1 Å². The number of carbonyl (C=O) groups excluding carboxylic acids is 1. The van der Waals surface area contributed by atoms with Crippen LogP contribution in [-0.4, -0.2) is 50.9 Å². The lowest BCUT2D eigenvalue weighted by Gasteiger charge is -2.40. The second-order valence-electron chi connectivity index (χ2n) is 8.74. The molecule has 8 nitrogen and oxygen atoms in total. The SMILES string of the molecule is CCCC(=O)N1c2ccc(-c3ccc4c(c3)CCCN4S(C)(=O)=O)cc2N(C(=O)O)C[C@@H]1C. The van der Waals surface area contributed by atoms with E-state index < -0.39 is 16.1 Å². The minimum absolute atomic E-state index is 0.0151. The van der Waals surface area contributed by atoms with Gasteiger partial charge in [0.15, 0.2) is 0 Å². The van der Waals surface area contributed by atoms with Crippen LogP contribution in [0.4, 0.5) is 21.9 Å². The maximum Gasteiger partial charge on any atom is 0.411 e. The Bertz CT molecular complexity index is 1210. The molecule has 176 valence electrons. The Hall–Kier alpha value is -3.07. The molecule has 0 saturated carbocycles. The normalized spacial score (nSPS) is 18.0. The predicted octanol–water partition coefficient (Wildman–Crippen LogP) is 4.09. The molecule has 2 aromatic rings. The highest BCUT2D eigenvalue weighted by molar-refractivity contribution is 7.92. The highest BCUT2D eigenvalue weighted by Gasteiger charge is 2.34. The highest BCUT2D eigenvalue weighted by atomic mass is 32.2. The van der Waals surface area contributed by atoms with Crippen LogP contribution in [0.15, 0.2) is 36.4 Å². The van der Waals surface area contributed by atoms with Gasteiger partial charge in [0.05, 0.1) is 29.4 Å². The summed E-state index contributed by atoms with van der Waals surface area (Å²) in [6.07, 6.45) is 2.80. The van der Waals surface area contributed by atoms with Crippen LogP contribution in [0.2, 0.25) is 0 Å². The van der Waals surface area contributed by atoms with Crippen molar-refractivity contribution in [2.24, 2.45) is 0 Å². The third-order valence-electron chi connectivity index (χ3n) is 6.27. The molecular formula is C24H29N3O5S. The van der Waals surface area contributed by atoms with Gasteiger partial charge < -0.3 is 10.0 Å². The van der Waals surface area contributed by atoms with E-state index in [0.29, 0.717) is 30.0 Å². The lowest BCUT2D eigenvalue weighted by atomic mass is 9.95. The van der Waals surface area contributed by atoms with Gasteiger partial charge in [0.2, 0.25) is 15.9 Å². The summed E-state index contributed by atoms with van der Waals surface area (Å²) in [5.41, 5.74) is 4.42. The monoisotopic (exact) mass is 471 g/mol. The number of nitrogens with zero attached hydrogens (tertiary/aromatic N) is 3. The van der Waals surface area contributed by atoms with Gasteiger partial charge in [0.25, 0.3) is 0 Å². The van der Waals surface area contributed by atoms with Gasteiger partial charge in [-0.15, -0.1) is 0 Å². The van der Waals surface area contributed by atoms with Crippen molar-refractivity contribution < 1.29 is 23.1 Å². The number of aryl methyl sites for hydroxylation is 1. The molecule has 0 fully saturated rings. The largest absolute Gasteiger partial charge is 0.465 e. The predicted molar refractivity (Wildman–Crippen MR) is 130 cm³/mol. The lowest BCUT2D eigenvalue weighted by molar-refractivity contribution is -0.119. The molecule has 0 aliphatic carbocycles. The number of anilines is 3. The Morgan fingerprint density at radius 1 is 1.06 bits per heavy atom. The van der Waals surface area contributed by atoms with Gasteiger partial charge in [-0.05, 0) is 67.1 Å². The van der Waals surface area contributed by atoms with Crippen molar-refractivity contribution in [3.63, 3.8) is 0 Å². The van der Waals surface area contributed by atoms with Crippen LogP contribution in [0.3, 0.4) is 0 Å². The van der Waals surface area contributed by atoms with Crippen LogP contribution in [0.1, 0.15) is 38.7 Å². The van der Waals surface area contributed by atoms with Crippen molar-refractivity contribution in [2.75, 3.05) is 33.5 Å². The maximum atomic E-state index is 12.8. The summed E-state index contributed by atoms with van der Waals surface area (Å²) >= 11 is 0. The molecule has 0 radical (unpaired) electrons. The zero-order valence-corrected chi connectivity index (χ0v) is 19.9. The van der Waals surface area contributed by atoms with Gasteiger partial charge in [0.1, 0.15) is 0 Å². The Morgan fingerprint density at radius 3 is 2.36 bits per heavy atom. The van der Waals surface area contributed by atoms with E-state index in [4.69, 9.17) is 0 Å². The first-order valence-electron chi connectivity index (χ1n) is 11.2. The molecule has 1 atom stereocenters. The van der Waals surface area contributed by atoms with Crippen molar-refractivity contribution in [1.29, 1.82) is 0 Å². The van der Waals surface area contributed by atoms with Crippen molar-refractivity contribution in [1.82, 2.24) is 0 Å². The Kier molecular flexibility index (Phi) is 6.09. The first-order chi connectivity index (χ1) is 15.6. The molecule has 2 aromatic carbocycles. The summed E-state index contributed by atoms with van der Waals surface area (Å²) in [6, 6.07) is 10.9. The fourth-order valence-electron chi connectivity index (χ4n) is 4.79. The van der Waals surface area contributed by atoms with Gasteiger partial charge in [-0.3, -0.25) is 14.0 Å². The summed E-state index contributed by atoms with van der Waals surface area (Å²) in [6.45, 7) is 4.48. The third kappa shape index (κ3) is 4.29. The first kappa shape index (κ1) is 23.1. The average molecular weight is 472 g/mol. The number of carbonyl (C=O) groups is 2. The number of hydrogen-bond acceptors (Lipinski definition) is 4. The standard InChI is InChI=1S/C24H29N3O5S/c1-4-6-23(28)27-16(2)15-25(24(29)30)22-14-18(9-11-21(22)27)17-8-10-20-19(13-17)7-5-12-26(20)33(3,31)32/h8-11,13-14,16H,4-7,12,15H2,1-3H3,(H,29,30)/t16-/m0/s1. The van der Waals surface area contributed by atoms with Gasteiger partial charge in [-0.2, -0.15) is 0 Å². The second kappa shape index (κ2) is 8.70. The molecule has 33 heavy (non-hydrogen) atoms. The minimum atomic E-state index is -3.35. The number of sulfonamides is 1. The van der Waals surface area contributed by atoms with Gasteiger partial charge in [-0.25, -0.2) is 13.2 Å². The summed E-state index contributed by atoms with van der Waals surface area (Å²) in [5.74, 6) is -0.0151. The second-order valence-corrected chi connectivity index (χ2v) is 10.6. The Morgan fingerprint density at radius 2 is 1.73 bits per heavy atom. The lowest BCUT2D eigenvalue weighted by Crippen LogP contribution is -2.51. The van der Waals surface area contributed by atoms with E-state index in [9.17, 15) is 23.1 Å². The molecule has 0 saturated heterocycles. The summed E-state index contributed by atoms with van der Waals surface area (Å²) in [5, 5.41) is 9.82. The van der Waals surface area contributed by atoms with Gasteiger partial charge in [-0.1, -0.05) is 19.1 Å². The molecule has 4 rings (SSSR count). The summed E-state index contributed by atoms with van der Waals surface area (Å²) in [7, 11) is -3.35. The summed E-state index contributed by atoms with van der Waals surface area (Å²) < 4.78 is 25.7. The zero-order valence-electron chi connectivity index (χ0n) is 19.1. The maximum absolute atomic E-state index is 12.8. The number of carboxylic acid groups (broad SMARTS) is 1. The molecular weight excluding hydrogens is 442 g/mol. The van der Waals surface area contributed by atoms with Crippen LogP contribution in [0.5, 0.6) is 0 Å². The van der Waals surface area contributed by atoms with Crippen molar-refractivity contribution in [2.45, 2.75) is 45.6 Å². The van der Waals surface area contributed by atoms with Crippen LogP contribution >= 0.6 is 0 Å². The smallest absolute Gasteiger partial charge is 0.411 e. The molecule has 0 bridgehead atoms. The minimum Gasteiger partial charge on any atom is -0.465 e. The number of fused-ring (bicyclic) bond motifs is 2. The fraction of sp³-hybridized carbons (Fsp3) is 0.417. The van der Waals surface area contributed by atoms with E-state index in [1.54, 1.807) is 11.0 Å². The first-order valence-corrected chi connectivity index (χ1v) is 13.0.